The molecule has 4 rings (SSSR count). The number of hydrogen-bond donors (Lipinski definition) is 4. The van der Waals surface area contributed by atoms with Crippen LogP contribution in [-0.2, 0) is 14.4 Å². The minimum Gasteiger partial charge on any atom is -0.473 e. The second kappa shape index (κ2) is 13.7. The van der Waals surface area contributed by atoms with Crippen LogP contribution >= 0.6 is 0 Å². The van der Waals surface area contributed by atoms with E-state index in [2.05, 4.69) is 34.5 Å². The van der Waals surface area contributed by atoms with Crippen molar-refractivity contribution in [3.63, 3.8) is 0 Å². The molecule has 1 fully saturated rings. The Morgan fingerprint density at radius 1 is 0.950 bits per heavy atom. The number of rotatable bonds is 7. The molecule has 40 heavy (non-hydrogen) atoms. The van der Waals surface area contributed by atoms with Crippen molar-refractivity contribution in [3.8, 4) is 0 Å². The second-order valence-corrected chi connectivity index (χ2v) is 10.3. The molecule has 3 aromatic rings. The van der Waals surface area contributed by atoms with Gasteiger partial charge in [0.25, 0.3) is 5.91 Å². The Morgan fingerprint density at radius 2 is 1.55 bits per heavy atom. The summed E-state index contributed by atoms with van der Waals surface area (Å²) in [6, 6.07) is 14.1. The van der Waals surface area contributed by atoms with Gasteiger partial charge < -0.3 is 20.8 Å². The Morgan fingerprint density at radius 3 is 2.12 bits per heavy atom. The number of para-hydroxylation sites is 2. The Labute approximate surface area is 233 Å². The van der Waals surface area contributed by atoms with Crippen LogP contribution < -0.4 is 10.6 Å². The van der Waals surface area contributed by atoms with Crippen LogP contribution in [0.1, 0.15) is 54.3 Å². The van der Waals surface area contributed by atoms with Gasteiger partial charge in [-0.1, -0.05) is 36.4 Å². The predicted molar refractivity (Wildman–Crippen MR) is 151 cm³/mol. The second-order valence-electron chi connectivity index (χ2n) is 10.3. The van der Waals surface area contributed by atoms with Crippen LogP contribution in [-0.4, -0.2) is 74.8 Å². The summed E-state index contributed by atoms with van der Waals surface area (Å²) in [5.74, 6) is -3.34. The average molecular weight is 552 g/mol. The molecule has 2 aromatic carbocycles. The molecule has 11 heteroatoms. The van der Waals surface area contributed by atoms with Crippen molar-refractivity contribution in [2.75, 3.05) is 31.5 Å². The Hall–Kier alpha value is -4.25. The highest BCUT2D eigenvalue weighted by molar-refractivity contribution is 6.27. The van der Waals surface area contributed by atoms with Gasteiger partial charge in [-0.3, -0.25) is 19.2 Å². The monoisotopic (exact) mass is 551 g/mol. The van der Waals surface area contributed by atoms with Gasteiger partial charge in [-0.25, -0.2) is 9.59 Å². The van der Waals surface area contributed by atoms with E-state index in [-0.39, 0.29) is 17.9 Å². The molecule has 0 atom stereocenters. The number of carboxylic acid groups (broad SMARTS) is 2. The number of hydrogen-bond acceptors (Lipinski definition) is 6. The first-order chi connectivity index (χ1) is 19.0. The summed E-state index contributed by atoms with van der Waals surface area (Å²) in [5, 5.41) is 26.4. The first-order valence-corrected chi connectivity index (χ1v) is 13.3. The minimum atomic E-state index is -1.82. The highest BCUT2D eigenvalue weighted by Crippen LogP contribution is 2.23. The normalized spacial score (nSPS) is 13.9. The van der Waals surface area contributed by atoms with Gasteiger partial charge in [0.15, 0.2) is 5.69 Å². The number of carboxylic acids is 2. The van der Waals surface area contributed by atoms with Gasteiger partial charge in [0, 0.05) is 23.7 Å². The van der Waals surface area contributed by atoms with Crippen LogP contribution in [0.25, 0.3) is 10.9 Å². The lowest BCUT2D eigenvalue weighted by Crippen LogP contribution is -2.42. The van der Waals surface area contributed by atoms with Gasteiger partial charge >= 0.3 is 11.9 Å². The number of carbonyl (C=O) groups excluding carboxylic acids is 2. The zero-order valence-electron chi connectivity index (χ0n) is 23.3. The fraction of sp³-hybridized carbons (Fsp3) is 0.414. The van der Waals surface area contributed by atoms with E-state index in [9.17, 15) is 9.59 Å². The van der Waals surface area contributed by atoms with E-state index in [1.165, 1.54) is 0 Å². The van der Waals surface area contributed by atoms with E-state index in [4.69, 9.17) is 19.8 Å². The number of nitrogens with one attached hydrogen (secondary N) is 2. The summed E-state index contributed by atoms with van der Waals surface area (Å²) in [6.07, 6.45) is 1.91. The van der Waals surface area contributed by atoms with E-state index >= 15 is 0 Å². The highest BCUT2D eigenvalue weighted by Gasteiger charge is 2.23. The third-order valence-corrected chi connectivity index (χ3v) is 6.87. The fourth-order valence-corrected chi connectivity index (χ4v) is 4.71. The molecule has 0 radical (unpaired) electrons. The maximum Gasteiger partial charge on any atom is 0.414 e. The number of amides is 2. The van der Waals surface area contributed by atoms with E-state index in [0.29, 0.717) is 24.7 Å². The van der Waals surface area contributed by atoms with Crippen LogP contribution in [0.2, 0.25) is 0 Å². The average Bonchev–Trinajstić information content (AvgIpc) is 3.31. The molecule has 1 saturated heterocycles. The number of anilines is 1. The first kappa shape index (κ1) is 30.3. The predicted octanol–water partition coefficient (Wildman–Crippen LogP) is 3.47. The summed E-state index contributed by atoms with van der Waals surface area (Å²) in [7, 11) is 0. The van der Waals surface area contributed by atoms with E-state index in [1.54, 1.807) is 0 Å². The molecule has 11 nitrogen and oxygen atoms in total. The van der Waals surface area contributed by atoms with Crippen LogP contribution in [0.3, 0.4) is 0 Å². The van der Waals surface area contributed by atoms with Crippen LogP contribution in [0.4, 0.5) is 5.69 Å². The number of aliphatic carboxylic acids is 2. The number of benzene rings is 2. The van der Waals surface area contributed by atoms with Crippen molar-refractivity contribution in [2.45, 2.75) is 46.6 Å². The van der Waals surface area contributed by atoms with Crippen LogP contribution in [0, 0.1) is 19.8 Å². The van der Waals surface area contributed by atoms with Crippen molar-refractivity contribution in [1.29, 1.82) is 0 Å². The molecular formula is C29H37N5O6. The SMILES string of the molecule is Cc1cccc(C)c1NC(=O)CN1CCC(CNC(=O)c2nn(C(C)C)c3ccccc23)CC1.O=C(O)C(=O)O. The quantitative estimate of drug-likeness (QED) is 0.326. The van der Waals surface area contributed by atoms with Crippen molar-refractivity contribution >= 4 is 40.3 Å². The van der Waals surface area contributed by atoms with Gasteiger partial charge in [0.05, 0.1) is 12.1 Å². The summed E-state index contributed by atoms with van der Waals surface area (Å²) in [6.45, 7) is 10.9. The molecule has 2 heterocycles. The standard InChI is InChI=1S/C27H35N5O2.C2H2O4/c1-18(2)32-23-11-6-5-10-22(23)26(30-32)27(34)28-16-21-12-14-31(15-13-21)17-24(33)29-25-19(3)8-7-9-20(25)4;3-1(4)2(5)6/h5-11,18,21H,12-17H2,1-4H3,(H,28,34)(H,29,33);(H,3,4)(H,5,6). The topological polar surface area (TPSA) is 154 Å². The molecular weight excluding hydrogens is 514 g/mol. The lowest BCUT2D eigenvalue weighted by Gasteiger charge is -2.31. The van der Waals surface area contributed by atoms with Gasteiger partial charge in [0.1, 0.15) is 0 Å². The van der Waals surface area contributed by atoms with Crippen molar-refractivity contribution in [3.05, 3.63) is 59.3 Å². The molecule has 0 saturated carbocycles. The number of piperidine rings is 1. The largest absolute Gasteiger partial charge is 0.473 e. The van der Waals surface area contributed by atoms with Crippen LogP contribution in [0.5, 0.6) is 0 Å². The van der Waals surface area contributed by atoms with Gasteiger partial charge in [0.2, 0.25) is 5.91 Å². The third-order valence-electron chi connectivity index (χ3n) is 6.87. The number of carbonyl (C=O) groups is 4. The van der Waals surface area contributed by atoms with Gasteiger partial charge in [-0.05, 0) is 76.7 Å². The molecule has 1 aliphatic heterocycles. The highest BCUT2D eigenvalue weighted by atomic mass is 16.4. The van der Waals surface area contributed by atoms with Crippen LogP contribution in [0.15, 0.2) is 42.5 Å². The summed E-state index contributed by atoms with van der Waals surface area (Å²) >= 11 is 0. The van der Waals surface area contributed by atoms with Crippen molar-refractivity contribution in [1.82, 2.24) is 20.0 Å². The zero-order chi connectivity index (χ0) is 29.4. The lowest BCUT2D eigenvalue weighted by atomic mass is 9.96. The molecule has 0 bridgehead atoms. The Bertz CT molecular complexity index is 1340. The van der Waals surface area contributed by atoms with E-state index in [0.717, 1.165) is 53.6 Å². The van der Waals surface area contributed by atoms with Gasteiger partial charge in [-0.2, -0.15) is 5.10 Å². The summed E-state index contributed by atoms with van der Waals surface area (Å²) in [4.78, 5) is 45.9. The fourth-order valence-electron chi connectivity index (χ4n) is 4.71. The molecule has 4 N–H and O–H groups in total. The maximum absolute atomic E-state index is 12.9. The summed E-state index contributed by atoms with van der Waals surface area (Å²) < 4.78 is 1.91. The Balaban J connectivity index is 0.000000663. The molecule has 214 valence electrons. The molecule has 2 amide bonds. The zero-order valence-corrected chi connectivity index (χ0v) is 23.3. The number of nitrogens with zero attached hydrogens (tertiary/aromatic N) is 3. The number of aryl methyl sites for hydroxylation is 2. The smallest absolute Gasteiger partial charge is 0.414 e. The molecule has 1 aromatic heterocycles. The summed E-state index contributed by atoms with van der Waals surface area (Å²) in [5.41, 5.74) is 4.54. The van der Waals surface area contributed by atoms with E-state index < -0.39 is 11.9 Å². The third kappa shape index (κ3) is 7.89. The first-order valence-electron chi connectivity index (χ1n) is 13.3. The molecule has 0 unspecified atom stereocenters. The minimum absolute atomic E-state index is 0.0248. The maximum atomic E-state index is 12.9. The molecule has 1 aliphatic rings. The number of likely N-dealkylation sites (tertiary alicyclic amines) is 1. The van der Waals surface area contributed by atoms with Crippen molar-refractivity contribution in [2.24, 2.45) is 5.92 Å². The van der Waals surface area contributed by atoms with Crippen molar-refractivity contribution < 1.29 is 29.4 Å². The number of aromatic nitrogens is 2. The lowest BCUT2D eigenvalue weighted by molar-refractivity contribution is -0.159. The van der Waals surface area contributed by atoms with E-state index in [1.807, 2.05) is 61.0 Å². The molecule has 0 aliphatic carbocycles. The Kier molecular flexibility index (Phi) is 10.4. The van der Waals surface area contributed by atoms with Gasteiger partial charge in [-0.15, -0.1) is 0 Å². The number of fused-ring (bicyclic) bond motifs is 1. The molecule has 0 spiro atoms.